The van der Waals surface area contributed by atoms with E-state index in [9.17, 15) is 4.79 Å². The molecule has 2 heterocycles. The minimum atomic E-state index is -0.0260. The van der Waals surface area contributed by atoms with Crippen LogP contribution in [0, 0.1) is 5.92 Å². The fourth-order valence-electron chi connectivity index (χ4n) is 1.74. The molecule has 6 heteroatoms. The summed E-state index contributed by atoms with van der Waals surface area (Å²) in [6.07, 6.45) is 3.46. The quantitative estimate of drug-likeness (QED) is 0.675. The first-order chi connectivity index (χ1) is 7.77. The Hall–Kier alpha value is -1.56. The molecule has 4 N–H and O–H groups in total. The summed E-state index contributed by atoms with van der Waals surface area (Å²) in [5.41, 5.74) is 6.42. The van der Waals surface area contributed by atoms with Crippen molar-refractivity contribution in [3.05, 3.63) is 11.8 Å². The molecule has 1 aromatic heterocycles. The largest absolute Gasteiger partial charge is 0.384 e. The van der Waals surface area contributed by atoms with Crippen LogP contribution < -0.4 is 11.1 Å². The lowest BCUT2D eigenvalue weighted by Gasteiger charge is -2.21. The van der Waals surface area contributed by atoms with Crippen molar-refractivity contribution in [2.75, 3.05) is 18.9 Å². The molecular formula is C10H16N4O2. The first kappa shape index (κ1) is 10.9. The second-order valence-electron chi connectivity index (χ2n) is 3.94. The van der Waals surface area contributed by atoms with Crippen molar-refractivity contribution < 1.29 is 9.53 Å². The number of hydrogen-bond donors (Lipinski definition) is 3. The van der Waals surface area contributed by atoms with Crippen LogP contribution in [-0.4, -0.2) is 29.3 Å². The molecule has 0 saturated carbocycles. The van der Waals surface area contributed by atoms with E-state index in [1.54, 1.807) is 6.20 Å². The Kier molecular flexibility index (Phi) is 3.40. The molecular weight excluding hydrogens is 208 g/mol. The van der Waals surface area contributed by atoms with Gasteiger partial charge in [-0.05, 0) is 12.8 Å². The van der Waals surface area contributed by atoms with Crippen LogP contribution >= 0.6 is 0 Å². The fourth-order valence-corrected chi connectivity index (χ4v) is 1.74. The maximum Gasteiger partial charge on any atom is 0.225 e. The minimum Gasteiger partial charge on any atom is -0.384 e. The Labute approximate surface area is 93.5 Å². The van der Waals surface area contributed by atoms with Gasteiger partial charge in [-0.2, -0.15) is 5.10 Å². The van der Waals surface area contributed by atoms with E-state index in [2.05, 4.69) is 15.5 Å². The van der Waals surface area contributed by atoms with E-state index >= 15 is 0 Å². The third kappa shape index (κ3) is 2.52. The number of nitrogens with two attached hydrogens (primary N) is 1. The predicted molar refractivity (Wildman–Crippen MR) is 58.4 cm³/mol. The summed E-state index contributed by atoms with van der Waals surface area (Å²) in [6.45, 7) is 1.70. The average molecular weight is 224 g/mol. The fraction of sp³-hybridized carbons (Fsp3) is 0.600. The second-order valence-corrected chi connectivity index (χ2v) is 3.94. The van der Waals surface area contributed by atoms with Gasteiger partial charge in [-0.15, -0.1) is 0 Å². The molecule has 1 aliphatic rings. The highest BCUT2D eigenvalue weighted by Crippen LogP contribution is 2.14. The summed E-state index contributed by atoms with van der Waals surface area (Å²) in [4.78, 5) is 11.7. The maximum absolute atomic E-state index is 11.7. The normalized spacial score (nSPS) is 20.6. The summed E-state index contributed by atoms with van der Waals surface area (Å²) in [7, 11) is 0. The molecule has 0 aromatic carbocycles. The van der Waals surface area contributed by atoms with Crippen LogP contribution in [0.4, 0.5) is 5.82 Å². The van der Waals surface area contributed by atoms with Crippen LogP contribution in [-0.2, 0) is 16.1 Å². The number of nitrogens with one attached hydrogen (secondary N) is 2. The van der Waals surface area contributed by atoms with Gasteiger partial charge in [-0.3, -0.25) is 9.89 Å². The van der Waals surface area contributed by atoms with Gasteiger partial charge in [0.1, 0.15) is 5.82 Å². The van der Waals surface area contributed by atoms with Gasteiger partial charge in [0.25, 0.3) is 0 Å². The molecule has 1 fully saturated rings. The number of aromatic nitrogens is 2. The number of H-pyrrole nitrogens is 1. The van der Waals surface area contributed by atoms with Crippen LogP contribution in [0.5, 0.6) is 0 Å². The number of nitrogens with zero attached hydrogens (tertiary/aromatic N) is 1. The Morgan fingerprint density at radius 1 is 1.75 bits per heavy atom. The predicted octanol–water partition coefficient (Wildman–Crippen LogP) is 0.0347. The van der Waals surface area contributed by atoms with E-state index in [1.165, 1.54) is 0 Å². The van der Waals surface area contributed by atoms with Crippen LogP contribution in [0.1, 0.15) is 18.4 Å². The highest BCUT2D eigenvalue weighted by molar-refractivity contribution is 5.78. The number of rotatable bonds is 3. The van der Waals surface area contributed by atoms with Crippen molar-refractivity contribution in [1.29, 1.82) is 0 Å². The minimum absolute atomic E-state index is 0.0260. The van der Waals surface area contributed by atoms with Crippen molar-refractivity contribution in [3.63, 3.8) is 0 Å². The van der Waals surface area contributed by atoms with Gasteiger partial charge in [0.15, 0.2) is 0 Å². The Balaban J connectivity index is 1.81. The van der Waals surface area contributed by atoms with Gasteiger partial charge in [0, 0.05) is 18.7 Å². The lowest BCUT2D eigenvalue weighted by atomic mass is 10.0. The van der Waals surface area contributed by atoms with Gasteiger partial charge >= 0.3 is 0 Å². The van der Waals surface area contributed by atoms with Gasteiger partial charge < -0.3 is 15.8 Å². The zero-order valence-corrected chi connectivity index (χ0v) is 9.03. The lowest BCUT2D eigenvalue weighted by molar-refractivity contribution is -0.129. The molecule has 2 rings (SSSR count). The first-order valence-electron chi connectivity index (χ1n) is 5.40. The van der Waals surface area contributed by atoms with Gasteiger partial charge in [-0.1, -0.05) is 0 Å². The van der Waals surface area contributed by atoms with Crippen LogP contribution in [0.25, 0.3) is 0 Å². The molecule has 16 heavy (non-hydrogen) atoms. The van der Waals surface area contributed by atoms with Crippen molar-refractivity contribution in [2.24, 2.45) is 5.92 Å². The average Bonchev–Trinajstić information content (AvgIpc) is 2.73. The second kappa shape index (κ2) is 4.98. The van der Waals surface area contributed by atoms with Crippen molar-refractivity contribution in [3.8, 4) is 0 Å². The standard InChI is InChI=1S/C10H16N4O2/c11-9-8(5-13-14-9)4-12-10(15)7-2-1-3-16-6-7/h5,7H,1-4,6H2,(H,12,15)(H3,11,13,14). The number of anilines is 1. The number of nitrogen functional groups attached to an aromatic ring is 1. The summed E-state index contributed by atoms with van der Waals surface area (Å²) in [6, 6.07) is 0. The highest BCUT2D eigenvalue weighted by Gasteiger charge is 2.21. The topological polar surface area (TPSA) is 93.0 Å². The smallest absolute Gasteiger partial charge is 0.225 e. The third-order valence-electron chi connectivity index (χ3n) is 2.74. The summed E-state index contributed by atoms with van der Waals surface area (Å²) in [5.74, 6) is 0.502. The molecule has 0 radical (unpaired) electrons. The molecule has 1 unspecified atom stereocenters. The maximum atomic E-state index is 11.7. The molecule has 1 saturated heterocycles. The van der Waals surface area contributed by atoms with Crippen molar-refractivity contribution in [2.45, 2.75) is 19.4 Å². The van der Waals surface area contributed by atoms with E-state index in [4.69, 9.17) is 10.5 Å². The molecule has 0 bridgehead atoms. The molecule has 6 nitrogen and oxygen atoms in total. The van der Waals surface area contributed by atoms with E-state index in [0.29, 0.717) is 19.0 Å². The first-order valence-corrected chi connectivity index (χ1v) is 5.40. The number of ether oxygens (including phenoxy) is 1. The molecule has 0 spiro atoms. The zero-order chi connectivity index (χ0) is 11.4. The van der Waals surface area contributed by atoms with Crippen LogP contribution in [0.3, 0.4) is 0 Å². The van der Waals surface area contributed by atoms with Gasteiger partial charge in [-0.25, -0.2) is 0 Å². The van der Waals surface area contributed by atoms with Crippen molar-refractivity contribution in [1.82, 2.24) is 15.5 Å². The number of hydrogen-bond acceptors (Lipinski definition) is 4. The summed E-state index contributed by atoms with van der Waals surface area (Å²) < 4.78 is 5.26. The molecule has 1 atom stereocenters. The Morgan fingerprint density at radius 3 is 3.25 bits per heavy atom. The van der Waals surface area contributed by atoms with Crippen LogP contribution in [0.2, 0.25) is 0 Å². The summed E-state index contributed by atoms with van der Waals surface area (Å²) in [5, 5.41) is 9.25. The molecule has 1 amide bonds. The third-order valence-corrected chi connectivity index (χ3v) is 2.74. The highest BCUT2D eigenvalue weighted by atomic mass is 16.5. The number of aromatic amines is 1. The molecule has 88 valence electrons. The van der Waals surface area contributed by atoms with Gasteiger partial charge in [0.2, 0.25) is 5.91 Å². The monoisotopic (exact) mass is 224 g/mol. The summed E-state index contributed by atoms with van der Waals surface area (Å²) >= 11 is 0. The zero-order valence-electron chi connectivity index (χ0n) is 9.03. The van der Waals surface area contributed by atoms with Crippen molar-refractivity contribution >= 4 is 11.7 Å². The SMILES string of the molecule is Nc1[nH]ncc1CNC(=O)C1CCCOC1. The van der Waals surface area contributed by atoms with Gasteiger partial charge in [0.05, 0.1) is 18.7 Å². The number of carbonyl (C=O) groups excluding carboxylic acids is 1. The lowest BCUT2D eigenvalue weighted by Crippen LogP contribution is -2.35. The number of amides is 1. The molecule has 1 aromatic rings. The molecule has 1 aliphatic heterocycles. The molecule has 0 aliphatic carbocycles. The van der Waals surface area contributed by atoms with E-state index < -0.39 is 0 Å². The Bertz CT molecular complexity index is 357. The van der Waals surface area contributed by atoms with Crippen LogP contribution in [0.15, 0.2) is 6.20 Å². The van der Waals surface area contributed by atoms with E-state index in [1.807, 2.05) is 0 Å². The Morgan fingerprint density at radius 2 is 2.62 bits per heavy atom. The van der Waals surface area contributed by atoms with E-state index in [-0.39, 0.29) is 11.8 Å². The van der Waals surface area contributed by atoms with E-state index in [0.717, 1.165) is 25.0 Å². The number of carbonyl (C=O) groups is 1.